The van der Waals surface area contributed by atoms with Gasteiger partial charge in [0.25, 0.3) is 0 Å². The van der Waals surface area contributed by atoms with Crippen LogP contribution in [0.15, 0.2) is 70.9 Å². The molecule has 0 saturated heterocycles. The molecule has 4 N–H and O–H groups in total. The normalized spacial score (nSPS) is 11.2. The molecule has 0 amide bonds. The number of hydrogen-bond acceptors (Lipinski definition) is 10. The number of phenols is 2. The van der Waals surface area contributed by atoms with Crippen LogP contribution in [0, 0.1) is 0 Å². The summed E-state index contributed by atoms with van der Waals surface area (Å²) in [5.74, 6) is 1.76. The number of phenolic OH excluding ortho intramolecular Hbond substituents is 2. The maximum Gasteiger partial charge on any atom is 0.176 e. The molecule has 0 bridgehead atoms. The summed E-state index contributed by atoms with van der Waals surface area (Å²) < 4.78 is 10.2. The number of hydrogen-bond donors (Lipinski definition) is 4. The van der Waals surface area contributed by atoms with Gasteiger partial charge in [-0.1, -0.05) is 24.3 Å². The van der Waals surface area contributed by atoms with Gasteiger partial charge < -0.3 is 19.7 Å². The van der Waals surface area contributed by atoms with Crippen molar-refractivity contribution in [1.82, 2.24) is 10.2 Å². The lowest BCUT2D eigenvalue weighted by molar-refractivity contribution is 0.373. The number of hydrazone groups is 2. The van der Waals surface area contributed by atoms with Crippen LogP contribution >= 0.6 is 0 Å². The predicted molar refractivity (Wildman–Crippen MR) is 131 cm³/mol. The van der Waals surface area contributed by atoms with Crippen LogP contribution in [-0.4, -0.2) is 47.1 Å². The van der Waals surface area contributed by atoms with E-state index < -0.39 is 0 Å². The number of aromatic nitrogens is 2. The highest BCUT2D eigenvalue weighted by atomic mass is 16.5. The Kier molecular flexibility index (Phi) is 6.68. The van der Waals surface area contributed by atoms with Gasteiger partial charge in [0.2, 0.25) is 0 Å². The van der Waals surface area contributed by atoms with E-state index in [0.29, 0.717) is 23.1 Å². The third-order valence-electron chi connectivity index (χ3n) is 4.86. The second kappa shape index (κ2) is 10.2. The second-order valence-electron chi connectivity index (χ2n) is 7.05. The zero-order valence-electron chi connectivity index (χ0n) is 18.4. The van der Waals surface area contributed by atoms with Gasteiger partial charge in [0.05, 0.1) is 26.6 Å². The van der Waals surface area contributed by atoms with Crippen molar-refractivity contribution < 1.29 is 19.7 Å². The molecule has 0 unspecified atom stereocenters. The standard InChI is InChI=1S/C24H22N6O4/c1-33-21-11-15(7-9-19(21)31)13-25-27-23-17-5-3-4-6-18(17)24(30-29-23)28-26-14-16-8-10-20(32)22(12-16)34-2/h3-14,31-32H,1-2H3,(H,27,29)(H,28,30). The largest absolute Gasteiger partial charge is 0.504 e. The van der Waals surface area contributed by atoms with Gasteiger partial charge in [0, 0.05) is 10.8 Å². The molecule has 34 heavy (non-hydrogen) atoms. The number of nitrogens with zero attached hydrogens (tertiary/aromatic N) is 4. The predicted octanol–water partition coefficient (Wildman–Crippen LogP) is 3.95. The minimum Gasteiger partial charge on any atom is -0.504 e. The quantitative estimate of drug-likeness (QED) is 0.230. The molecular weight excluding hydrogens is 436 g/mol. The summed E-state index contributed by atoms with van der Waals surface area (Å²) in [7, 11) is 2.97. The molecule has 0 spiro atoms. The molecule has 4 rings (SSSR count). The topological polar surface area (TPSA) is 133 Å². The first-order chi connectivity index (χ1) is 16.6. The summed E-state index contributed by atoms with van der Waals surface area (Å²) in [6.07, 6.45) is 3.17. The average molecular weight is 458 g/mol. The van der Waals surface area contributed by atoms with Crippen LogP contribution in [0.1, 0.15) is 11.1 Å². The van der Waals surface area contributed by atoms with Crippen molar-refractivity contribution in [3.8, 4) is 23.0 Å². The van der Waals surface area contributed by atoms with Crippen LogP contribution in [0.3, 0.4) is 0 Å². The molecular formula is C24H22N6O4. The third kappa shape index (κ3) is 4.96. The summed E-state index contributed by atoms with van der Waals surface area (Å²) in [5, 5.41) is 37.9. The number of nitrogens with one attached hydrogen (secondary N) is 2. The highest BCUT2D eigenvalue weighted by molar-refractivity contribution is 5.98. The zero-order chi connectivity index (χ0) is 23.9. The summed E-state index contributed by atoms with van der Waals surface area (Å²) in [4.78, 5) is 0. The number of methoxy groups -OCH3 is 2. The molecule has 172 valence electrons. The van der Waals surface area contributed by atoms with Gasteiger partial charge in [-0.05, 0) is 47.5 Å². The fraction of sp³-hybridized carbons (Fsp3) is 0.0833. The van der Waals surface area contributed by atoms with E-state index in [4.69, 9.17) is 9.47 Å². The minimum atomic E-state index is 0.0553. The lowest BCUT2D eigenvalue weighted by atomic mass is 10.2. The second-order valence-corrected chi connectivity index (χ2v) is 7.05. The fourth-order valence-electron chi connectivity index (χ4n) is 3.15. The van der Waals surface area contributed by atoms with E-state index in [1.54, 1.807) is 36.7 Å². The third-order valence-corrected chi connectivity index (χ3v) is 4.86. The van der Waals surface area contributed by atoms with Crippen molar-refractivity contribution in [2.24, 2.45) is 10.2 Å². The van der Waals surface area contributed by atoms with Gasteiger partial charge in [0.15, 0.2) is 34.6 Å². The smallest absolute Gasteiger partial charge is 0.176 e. The van der Waals surface area contributed by atoms with Crippen molar-refractivity contribution in [1.29, 1.82) is 0 Å². The molecule has 0 fully saturated rings. The number of fused-ring (bicyclic) bond motifs is 1. The Bertz CT molecular complexity index is 1270. The molecule has 0 saturated carbocycles. The average Bonchev–Trinajstić information content (AvgIpc) is 2.87. The monoisotopic (exact) mass is 458 g/mol. The maximum atomic E-state index is 9.71. The number of rotatable bonds is 8. The fourth-order valence-corrected chi connectivity index (χ4v) is 3.15. The Morgan fingerprint density at radius 3 is 1.56 bits per heavy atom. The van der Waals surface area contributed by atoms with Gasteiger partial charge >= 0.3 is 0 Å². The van der Waals surface area contributed by atoms with E-state index >= 15 is 0 Å². The number of aromatic hydroxyl groups is 2. The van der Waals surface area contributed by atoms with Crippen LogP contribution in [-0.2, 0) is 0 Å². The molecule has 10 heteroatoms. The molecule has 10 nitrogen and oxygen atoms in total. The van der Waals surface area contributed by atoms with E-state index in [-0.39, 0.29) is 11.5 Å². The van der Waals surface area contributed by atoms with E-state index in [0.717, 1.165) is 21.9 Å². The SMILES string of the molecule is COc1cc(C=NNc2nnc(NN=Cc3ccc(O)c(OC)c3)c3ccccc23)ccc1O. The van der Waals surface area contributed by atoms with Gasteiger partial charge in [-0.15, -0.1) is 10.2 Å². The van der Waals surface area contributed by atoms with E-state index in [2.05, 4.69) is 31.3 Å². The summed E-state index contributed by atoms with van der Waals surface area (Å²) in [5.41, 5.74) is 7.28. The first-order valence-electron chi connectivity index (χ1n) is 10.2. The minimum absolute atomic E-state index is 0.0553. The van der Waals surface area contributed by atoms with E-state index in [1.807, 2.05) is 24.3 Å². The number of anilines is 2. The molecule has 0 radical (unpaired) electrons. The zero-order valence-corrected chi connectivity index (χ0v) is 18.4. The van der Waals surface area contributed by atoms with E-state index in [1.165, 1.54) is 26.4 Å². The molecule has 0 aliphatic heterocycles. The Hall–Kier alpha value is -4.86. The van der Waals surface area contributed by atoms with Crippen molar-refractivity contribution >= 4 is 34.8 Å². The number of ether oxygens (including phenoxy) is 2. The Morgan fingerprint density at radius 2 is 1.15 bits per heavy atom. The Balaban J connectivity index is 1.52. The Labute approximate surface area is 195 Å². The van der Waals surface area contributed by atoms with Crippen LogP contribution in [0.4, 0.5) is 11.6 Å². The molecule has 0 atom stereocenters. The van der Waals surface area contributed by atoms with Crippen LogP contribution in [0.2, 0.25) is 0 Å². The highest BCUT2D eigenvalue weighted by Gasteiger charge is 2.08. The van der Waals surface area contributed by atoms with Gasteiger partial charge in [0.1, 0.15) is 0 Å². The summed E-state index contributed by atoms with van der Waals surface area (Å²) >= 11 is 0. The van der Waals surface area contributed by atoms with Gasteiger partial charge in [-0.25, -0.2) is 0 Å². The molecule has 0 aliphatic carbocycles. The van der Waals surface area contributed by atoms with Crippen molar-refractivity contribution in [2.75, 3.05) is 25.1 Å². The van der Waals surface area contributed by atoms with Gasteiger partial charge in [-0.3, -0.25) is 10.9 Å². The lowest BCUT2D eigenvalue weighted by Gasteiger charge is -2.08. The van der Waals surface area contributed by atoms with Crippen molar-refractivity contribution in [3.05, 3.63) is 71.8 Å². The molecule has 1 heterocycles. The number of benzene rings is 3. The molecule has 0 aliphatic rings. The van der Waals surface area contributed by atoms with Crippen molar-refractivity contribution in [3.63, 3.8) is 0 Å². The van der Waals surface area contributed by atoms with Gasteiger partial charge in [-0.2, -0.15) is 10.2 Å². The molecule has 4 aromatic rings. The van der Waals surface area contributed by atoms with Crippen LogP contribution < -0.4 is 20.3 Å². The highest BCUT2D eigenvalue weighted by Crippen LogP contribution is 2.28. The first-order valence-corrected chi connectivity index (χ1v) is 10.2. The summed E-state index contributed by atoms with van der Waals surface area (Å²) in [6, 6.07) is 17.4. The molecule has 1 aromatic heterocycles. The summed E-state index contributed by atoms with van der Waals surface area (Å²) in [6.45, 7) is 0. The molecule has 3 aromatic carbocycles. The van der Waals surface area contributed by atoms with Crippen LogP contribution in [0.5, 0.6) is 23.0 Å². The van der Waals surface area contributed by atoms with Crippen molar-refractivity contribution in [2.45, 2.75) is 0 Å². The first kappa shape index (κ1) is 22.3. The lowest BCUT2D eigenvalue weighted by Crippen LogP contribution is -2.01. The maximum absolute atomic E-state index is 9.71. The Morgan fingerprint density at radius 1 is 0.706 bits per heavy atom. The van der Waals surface area contributed by atoms with Crippen LogP contribution in [0.25, 0.3) is 10.8 Å². The van der Waals surface area contributed by atoms with E-state index in [9.17, 15) is 10.2 Å².